The molecule has 3 aromatic rings. The van der Waals surface area contributed by atoms with Gasteiger partial charge in [0.1, 0.15) is 18.1 Å². The Hall–Kier alpha value is -3.54. The molecule has 1 aromatic heterocycles. The van der Waals surface area contributed by atoms with E-state index in [0.717, 1.165) is 11.3 Å². The number of furan rings is 1. The number of benzene rings is 2. The molecule has 148 valence electrons. The number of ether oxygens (including phenoxy) is 1. The molecule has 2 atom stereocenters. The van der Waals surface area contributed by atoms with Gasteiger partial charge >= 0.3 is 0 Å². The first-order valence-electron chi connectivity index (χ1n) is 9.57. The fourth-order valence-corrected chi connectivity index (χ4v) is 3.10. The molecule has 6 heteroatoms. The summed E-state index contributed by atoms with van der Waals surface area (Å²) in [4.78, 5) is 24.5. The number of hydrogen-bond donors (Lipinski definition) is 2. The molecule has 0 bridgehead atoms. The number of hydrogen-bond acceptors (Lipinski definition) is 4. The second kappa shape index (κ2) is 8.65. The molecular formula is C23H22N2O4. The molecule has 1 saturated carbocycles. The van der Waals surface area contributed by atoms with Crippen LogP contribution in [-0.2, 0) is 22.7 Å². The van der Waals surface area contributed by atoms with E-state index >= 15 is 0 Å². The van der Waals surface area contributed by atoms with Crippen LogP contribution in [0.2, 0.25) is 0 Å². The Morgan fingerprint density at radius 3 is 2.41 bits per heavy atom. The number of nitrogens with one attached hydrogen (secondary N) is 2. The maximum Gasteiger partial charge on any atom is 0.228 e. The van der Waals surface area contributed by atoms with E-state index in [1.807, 2.05) is 42.5 Å². The van der Waals surface area contributed by atoms with Gasteiger partial charge in [0, 0.05) is 5.69 Å². The molecule has 1 heterocycles. The fraction of sp³-hybridized carbons (Fsp3) is 0.217. The van der Waals surface area contributed by atoms with E-state index in [1.54, 1.807) is 30.5 Å². The predicted molar refractivity (Wildman–Crippen MR) is 108 cm³/mol. The second-order valence-electron chi connectivity index (χ2n) is 7.03. The van der Waals surface area contributed by atoms with Gasteiger partial charge in [0.2, 0.25) is 11.8 Å². The minimum atomic E-state index is -0.291. The highest BCUT2D eigenvalue weighted by Crippen LogP contribution is 2.39. The topological polar surface area (TPSA) is 80.6 Å². The maximum absolute atomic E-state index is 12.4. The molecule has 1 fully saturated rings. The standard InChI is InChI=1S/C23H22N2O4/c26-22(24-14-19-7-4-12-28-19)20-13-21(20)23(27)25-17-8-10-18(11-9-17)29-15-16-5-2-1-3-6-16/h1-12,20-21H,13-15H2,(H,24,26)(H,25,27). The van der Waals surface area contributed by atoms with Gasteiger partial charge in [0.25, 0.3) is 0 Å². The van der Waals surface area contributed by atoms with E-state index in [-0.39, 0.29) is 23.7 Å². The van der Waals surface area contributed by atoms with Crippen LogP contribution in [0.25, 0.3) is 0 Å². The fourth-order valence-electron chi connectivity index (χ4n) is 3.10. The van der Waals surface area contributed by atoms with Gasteiger partial charge in [0.05, 0.1) is 24.6 Å². The minimum Gasteiger partial charge on any atom is -0.489 e. The molecule has 0 spiro atoms. The third kappa shape index (κ3) is 5.04. The van der Waals surface area contributed by atoms with Crippen LogP contribution in [0, 0.1) is 11.8 Å². The van der Waals surface area contributed by atoms with Crippen molar-refractivity contribution in [3.63, 3.8) is 0 Å². The largest absolute Gasteiger partial charge is 0.489 e. The molecule has 29 heavy (non-hydrogen) atoms. The van der Waals surface area contributed by atoms with E-state index < -0.39 is 0 Å². The van der Waals surface area contributed by atoms with Crippen molar-refractivity contribution in [3.05, 3.63) is 84.3 Å². The molecule has 2 N–H and O–H groups in total. The van der Waals surface area contributed by atoms with Crippen LogP contribution in [0.15, 0.2) is 77.4 Å². The monoisotopic (exact) mass is 390 g/mol. The van der Waals surface area contributed by atoms with Crippen molar-refractivity contribution in [1.29, 1.82) is 0 Å². The zero-order valence-electron chi connectivity index (χ0n) is 15.8. The summed E-state index contributed by atoms with van der Waals surface area (Å²) < 4.78 is 10.9. The van der Waals surface area contributed by atoms with Crippen LogP contribution in [0.1, 0.15) is 17.7 Å². The van der Waals surface area contributed by atoms with E-state index in [4.69, 9.17) is 9.15 Å². The quantitative estimate of drug-likeness (QED) is 0.614. The Labute approximate surface area is 168 Å². The number of carbonyl (C=O) groups is 2. The van der Waals surface area contributed by atoms with E-state index in [9.17, 15) is 9.59 Å². The lowest BCUT2D eigenvalue weighted by molar-refractivity contribution is -0.125. The van der Waals surface area contributed by atoms with E-state index in [2.05, 4.69) is 10.6 Å². The number of carbonyl (C=O) groups excluding carboxylic acids is 2. The van der Waals surface area contributed by atoms with Crippen molar-refractivity contribution in [3.8, 4) is 5.75 Å². The van der Waals surface area contributed by atoms with Gasteiger partial charge in [-0.15, -0.1) is 0 Å². The van der Waals surface area contributed by atoms with Crippen molar-refractivity contribution in [2.24, 2.45) is 11.8 Å². The molecule has 2 aromatic carbocycles. The molecule has 0 aliphatic heterocycles. The summed E-state index contributed by atoms with van der Waals surface area (Å²) in [7, 11) is 0. The summed E-state index contributed by atoms with van der Waals surface area (Å²) >= 11 is 0. The van der Waals surface area contributed by atoms with E-state index in [1.165, 1.54) is 0 Å². The molecule has 1 aliphatic rings. The molecule has 2 unspecified atom stereocenters. The van der Waals surface area contributed by atoms with Crippen LogP contribution >= 0.6 is 0 Å². The first-order valence-corrected chi connectivity index (χ1v) is 9.57. The van der Waals surface area contributed by atoms with Gasteiger partial charge in [0.15, 0.2) is 0 Å². The SMILES string of the molecule is O=C(NCc1ccco1)C1CC1C(=O)Nc1ccc(OCc2ccccc2)cc1. The van der Waals surface area contributed by atoms with Crippen molar-refractivity contribution in [2.45, 2.75) is 19.6 Å². The molecule has 6 nitrogen and oxygen atoms in total. The van der Waals surface area contributed by atoms with Gasteiger partial charge in [-0.2, -0.15) is 0 Å². The Morgan fingerprint density at radius 2 is 1.69 bits per heavy atom. The van der Waals surface area contributed by atoms with Crippen molar-refractivity contribution in [2.75, 3.05) is 5.32 Å². The lowest BCUT2D eigenvalue weighted by Gasteiger charge is -2.08. The maximum atomic E-state index is 12.4. The van der Waals surface area contributed by atoms with Crippen LogP contribution in [-0.4, -0.2) is 11.8 Å². The molecule has 2 amide bonds. The van der Waals surface area contributed by atoms with Gasteiger partial charge in [-0.1, -0.05) is 30.3 Å². The van der Waals surface area contributed by atoms with Gasteiger partial charge in [-0.3, -0.25) is 9.59 Å². The molecule has 4 rings (SSSR count). The zero-order chi connectivity index (χ0) is 20.1. The molecular weight excluding hydrogens is 368 g/mol. The van der Waals surface area contributed by atoms with Gasteiger partial charge in [-0.25, -0.2) is 0 Å². The van der Waals surface area contributed by atoms with E-state index in [0.29, 0.717) is 31.0 Å². The average molecular weight is 390 g/mol. The lowest BCUT2D eigenvalue weighted by Crippen LogP contribution is -2.26. The highest BCUT2D eigenvalue weighted by atomic mass is 16.5. The van der Waals surface area contributed by atoms with Crippen LogP contribution in [0.4, 0.5) is 5.69 Å². The van der Waals surface area contributed by atoms with Gasteiger partial charge in [-0.05, 0) is 48.4 Å². The smallest absolute Gasteiger partial charge is 0.228 e. The van der Waals surface area contributed by atoms with Crippen molar-refractivity contribution >= 4 is 17.5 Å². The van der Waals surface area contributed by atoms with Crippen LogP contribution in [0.3, 0.4) is 0 Å². The summed E-state index contributed by atoms with van der Waals surface area (Å²) in [5, 5.41) is 5.67. The molecule has 0 radical (unpaired) electrons. The molecule has 1 aliphatic carbocycles. The van der Waals surface area contributed by atoms with Crippen LogP contribution in [0.5, 0.6) is 5.75 Å². The Kier molecular flexibility index (Phi) is 5.61. The summed E-state index contributed by atoms with van der Waals surface area (Å²) in [5.41, 5.74) is 1.78. The zero-order valence-corrected chi connectivity index (χ0v) is 15.8. The number of rotatable bonds is 8. The molecule has 0 saturated heterocycles. The van der Waals surface area contributed by atoms with Gasteiger partial charge < -0.3 is 19.8 Å². The predicted octanol–water partition coefficient (Wildman–Crippen LogP) is 3.75. The number of amides is 2. The number of anilines is 1. The third-order valence-electron chi connectivity index (χ3n) is 4.85. The summed E-state index contributed by atoms with van der Waals surface area (Å²) in [5.74, 6) is 0.592. The first-order chi connectivity index (χ1) is 14.2. The first kappa shape index (κ1) is 18.8. The highest BCUT2D eigenvalue weighted by molar-refractivity contribution is 5.99. The Bertz CT molecular complexity index is 952. The average Bonchev–Trinajstić information content (AvgIpc) is 3.39. The Morgan fingerprint density at radius 1 is 0.931 bits per heavy atom. The second-order valence-corrected chi connectivity index (χ2v) is 7.03. The summed E-state index contributed by atoms with van der Waals surface area (Å²) in [6.07, 6.45) is 2.13. The van der Waals surface area contributed by atoms with Crippen LogP contribution < -0.4 is 15.4 Å². The summed E-state index contributed by atoms with van der Waals surface area (Å²) in [6.45, 7) is 0.824. The highest BCUT2D eigenvalue weighted by Gasteiger charge is 2.47. The normalized spacial score (nSPS) is 17.4. The summed E-state index contributed by atoms with van der Waals surface area (Å²) in [6, 6.07) is 20.7. The Balaban J connectivity index is 1.22. The van der Waals surface area contributed by atoms with Crippen molar-refractivity contribution < 1.29 is 18.7 Å². The minimum absolute atomic E-state index is 0.119. The van der Waals surface area contributed by atoms with Crippen molar-refractivity contribution in [1.82, 2.24) is 5.32 Å². The lowest BCUT2D eigenvalue weighted by atomic mass is 10.2. The third-order valence-corrected chi connectivity index (χ3v) is 4.85.